The van der Waals surface area contributed by atoms with E-state index in [4.69, 9.17) is 26.1 Å². The van der Waals surface area contributed by atoms with E-state index in [0.717, 1.165) is 35.6 Å². The molecule has 190 valence electrons. The van der Waals surface area contributed by atoms with Crippen molar-refractivity contribution in [2.75, 3.05) is 26.3 Å². The summed E-state index contributed by atoms with van der Waals surface area (Å²) in [6, 6.07) is 5.90. The molecule has 1 aromatic carbocycles. The molecule has 4 aliphatic heterocycles. The first kappa shape index (κ1) is 23.9. The maximum atomic E-state index is 13.8. The van der Waals surface area contributed by atoms with Crippen molar-refractivity contribution in [2.45, 2.75) is 57.9 Å². The summed E-state index contributed by atoms with van der Waals surface area (Å²) in [7, 11) is 0. The highest BCUT2D eigenvalue weighted by Crippen LogP contribution is 2.50. The fourth-order valence-electron chi connectivity index (χ4n) is 6.42. The molecule has 1 aromatic heterocycles. The molecule has 5 heterocycles. The van der Waals surface area contributed by atoms with Gasteiger partial charge in [0.05, 0.1) is 47.8 Å². The number of aromatic nitrogens is 1. The SMILES string of the molecule is CCC1(O)CC(=O)OCc2c1cc1n(c2=O)CC2C1=Nc1cc(Cl)c(C)cc1C2(C)N1CCOCC1. The van der Waals surface area contributed by atoms with Crippen molar-refractivity contribution in [3.8, 4) is 0 Å². The van der Waals surface area contributed by atoms with Gasteiger partial charge in [-0.3, -0.25) is 19.5 Å². The Morgan fingerprint density at radius 2 is 1.94 bits per heavy atom. The van der Waals surface area contributed by atoms with Crippen LogP contribution >= 0.6 is 11.6 Å². The molecule has 1 fully saturated rings. The van der Waals surface area contributed by atoms with Crippen LogP contribution in [0.4, 0.5) is 5.69 Å². The van der Waals surface area contributed by atoms with Crippen LogP contribution in [-0.2, 0) is 38.6 Å². The number of cyclic esters (lactones) is 1. The number of nitrogens with zero attached hydrogens (tertiary/aromatic N) is 3. The summed E-state index contributed by atoms with van der Waals surface area (Å²) in [5.41, 5.74) is 3.07. The zero-order valence-electron chi connectivity index (χ0n) is 20.8. The Morgan fingerprint density at radius 3 is 2.67 bits per heavy atom. The number of pyridine rings is 1. The van der Waals surface area contributed by atoms with E-state index in [1.807, 2.05) is 26.0 Å². The van der Waals surface area contributed by atoms with E-state index in [9.17, 15) is 14.7 Å². The molecule has 0 amide bonds. The lowest BCUT2D eigenvalue weighted by Crippen LogP contribution is -2.56. The highest BCUT2D eigenvalue weighted by Gasteiger charge is 2.52. The third-order valence-corrected chi connectivity index (χ3v) is 9.08. The monoisotopic (exact) mass is 511 g/mol. The number of fused-ring (bicyclic) bond motifs is 5. The summed E-state index contributed by atoms with van der Waals surface area (Å²) in [6.07, 6.45) is 0.107. The van der Waals surface area contributed by atoms with E-state index in [1.165, 1.54) is 0 Å². The third-order valence-electron chi connectivity index (χ3n) is 8.67. The Labute approximate surface area is 214 Å². The summed E-state index contributed by atoms with van der Waals surface area (Å²) in [4.78, 5) is 33.6. The summed E-state index contributed by atoms with van der Waals surface area (Å²) >= 11 is 6.54. The number of morpholine rings is 1. The number of carbonyl (C=O) groups is 1. The Bertz CT molecular complexity index is 1380. The van der Waals surface area contributed by atoms with Gasteiger partial charge in [0.15, 0.2) is 0 Å². The van der Waals surface area contributed by atoms with Gasteiger partial charge >= 0.3 is 5.97 Å². The molecule has 0 spiro atoms. The molecular weight excluding hydrogens is 482 g/mol. The Hall–Kier alpha value is -2.52. The number of aliphatic imine (C=N–C) groups is 1. The number of rotatable bonds is 2. The quantitative estimate of drug-likeness (QED) is 0.622. The minimum Gasteiger partial charge on any atom is -0.460 e. The van der Waals surface area contributed by atoms with Crippen LogP contribution in [-0.4, -0.2) is 52.6 Å². The van der Waals surface area contributed by atoms with E-state index in [0.29, 0.717) is 41.6 Å². The van der Waals surface area contributed by atoms with E-state index in [2.05, 4.69) is 17.9 Å². The second-order valence-electron chi connectivity index (χ2n) is 10.5. The average Bonchev–Trinajstić information content (AvgIpc) is 3.18. The van der Waals surface area contributed by atoms with Gasteiger partial charge in [-0.25, -0.2) is 0 Å². The van der Waals surface area contributed by atoms with Gasteiger partial charge in [0.25, 0.3) is 5.56 Å². The van der Waals surface area contributed by atoms with Gasteiger partial charge in [-0.15, -0.1) is 0 Å². The molecule has 1 N–H and O–H groups in total. The molecule has 6 rings (SSSR count). The summed E-state index contributed by atoms with van der Waals surface area (Å²) in [5.74, 6) is -0.591. The van der Waals surface area contributed by atoms with Crippen molar-refractivity contribution in [3.63, 3.8) is 0 Å². The van der Waals surface area contributed by atoms with Gasteiger partial charge in [0.1, 0.15) is 12.2 Å². The van der Waals surface area contributed by atoms with E-state index >= 15 is 0 Å². The molecule has 4 aliphatic rings. The topological polar surface area (TPSA) is 93.4 Å². The second kappa shape index (κ2) is 8.25. The Morgan fingerprint density at radius 1 is 1.19 bits per heavy atom. The van der Waals surface area contributed by atoms with Crippen molar-refractivity contribution < 1.29 is 19.4 Å². The summed E-state index contributed by atoms with van der Waals surface area (Å²) in [6.45, 7) is 9.19. The molecule has 0 saturated carbocycles. The molecule has 8 nitrogen and oxygen atoms in total. The van der Waals surface area contributed by atoms with Crippen molar-refractivity contribution in [3.05, 3.63) is 61.5 Å². The van der Waals surface area contributed by atoms with Crippen molar-refractivity contribution in [1.29, 1.82) is 0 Å². The highest BCUT2D eigenvalue weighted by molar-refractivity contribution is 6.31. The first-order chi connectivity index (χ1) is 17.2. The molecule has 3 atom stereocenters. The number of hydrogen-bond donors (Lipinski definition) is 1. The lowest BCUT2D eigenvalue weighted by molar-refractivity contribution is -0.149. The van der Waals surface area contributed by atoms with Crippen LogP contribution in [0.1, 0.15) is 54.6 Å². The van der Waals surface area contributed by atoms with Crippen LogP contribution < -0.4 is 5.56 Å². The number of benzene rings is 1. The molecule has 1 saturated heterocycles. The lowest BCUT2D eigenvalue weighted by atomic mass is 9.72. The van der Waals surface area contributed by atoms with Crippen LogP contribution in [0.3, 0.4) is 0 Å². The predicted octanol–water partition coefficient (Wildman–Crippen LogP) is 3.17. The first-order valence-electron chi connectivity index (χ1n) is 12.5. The Balaban J connectivity index is 1.59. The molecular formula is C27H30ClN3O5. The number of halogens is 1. The molecule has 0 aliphatic carbocycles. The summed E-state index contributed by atoms with van der Waals surface area (Å²) in [5, 5.41) is 12.1. The average molecular weight is 512 g/mol. The molecule has 0 radical (unpaired) electrons. The normalized spacial score (nSPS) is 29.4. The first-order valence-corrected chi connectivity index (χ1v) is 12.9. The largest absolute Gasteiger partial charge is 0.460 e. The molecule has 2 aromatic rings. The van der Waals surface area contributed by atoms with Crippen molar-refractivity contribution in [2.24, 2.45) is 10.9 Å². The second-order valence-corrected chi connectivity index (χ2v) is 10.9. The van der Waals surface area contributed by atoms with Crippen LogP contribution in [0.5, 0.6) is 0 Å². The smallest absolute Gasteiger partial charge is 0.309 e. The standard InChI is InChI=1S/C27H30ClN3O5/c1-4-27(34)12-23(32)36-14-16-17(27)10-22-24-19(13-31(22)25(16)33)26(3,30-5-7-35-8-6-30)18-9-15(2)20(28)11-21(18)29-24/h9-11,19,34H,4-8,12-14H2,1-3H3. The lowest BCUT2D eigenvalue weighted by Gasteiger charge is -2.49. The van der Waals surface area contributed by atoms with Gasteiger partial charge in [0.2, 0.25) is 0 Å². The van der Waals surface area contributed by atoms with Crippen LogP contribution in [0.2, 0.25) is 5.02 Å². The van der Waals surface area contributed by atoms with Gasteiger partial charge in [-0.05, 0) is 49.1 Å². The minimum atomic E-state index is -1.46. The number of esters is 1. The number of ether oxygens (including phenoxy) is 2. The summed E-state index contributed by atoms with van der Waals surface area (Å²) < 4.78 is 12.7. The number of aryl methyl sites for hydroxylation is 1. The zero-order valence-corrected chi connectivity index (χ0v) is 21.5. The van der Waals surface area contributed by atoms with E-state index in [1.54, 1.807) is 4.57 Å². The maximum absolute atomic E-state index is 13.8. The van der Waals surface area contributed by atoms with E-state index in [-0.39, 0.29) is 30.9 Å². The van der Waals surface area contributed by atoms with Gasteiger partial charge in [-0.2, -0.15) is 0 Å². The molecule has 3 unspecified atom stereocenters. The zero-order chi connectivity index (χ0) is 25.4. The fourth-order valence-corrected chi connectivity index (χ4v) is 6.58. The fraction of sp³-hybridized carbons (Fsp3) is 0.519. The van der Waals surface area contributed by atoms with Crippen LogP contribution in [0.15, 0.2) is 28.0 Å². The van der Waals surface area contributed by atoms with Crippen molar-refractivity contribution >= 4 is 29.0 Å². The van der Waals surface area contributed by atoms with Crippen LogP contribution in [0.25, 0.3) is 0 Å². The number of hydrogen-bond acceptors (Lipinski definition) is 7. The maximum Gasteiger partial charge on any atom is 0.309 e. The van der Waals surface area contributed by atoms with Crippen LogP contribution in [0, 0.1) is 12.8 Å². The molecule has 0 bridgehead atoms. The van der Waals surface area contributed by atoms with Gasteiger partial charge in [0, 0.05) is 30.6 Å². The third kappa shape index (κ3) is 3.28. The van der Waals surface area contributed by atoms with Crippen molar-refractivity contribution in [1.82, 2.24) is 9.47 Å². The van der Waals surface area contributed by atoms with E-state index < -0.39 is 17.1 Å². The number of aliphatic hydroxyl groups is 1. The highest BCUT2D eigenvalue weighted by atomic mass is 35.5. The molecule has 36 heavy (non-hydrogen) atoms. The Kier molecular flexibility index (Phi) is 5.46. The molecule has 9 heteroatoms. The van der Waals surface area contributed by atoms with Gasteiger partial charge < -0.3 is 19.1 Å². The van der Waals surface area contributed by atoms with Gasteiger partial charge in [-0.1, -0.05) is 24.6 Å². The minimum absolute atomic E-state index is 0.0836. The predicted molar refractivity (Wildman–Crippen MR) is 135 cm³/mol. The number of carbonyl (C=O) groups excluding carboxylic acids is 1.